The number of piperidine rings is 1. The quantitative estimate of drug-likeness (QED) is 0.489. The third-order valence-electron chi connectivity index (χ3n) is 2.08. The van der Waals surface area contributed by atoms with Crippen molar-refractivity contribution < 1.29 is 0 Å². The monoisotopic (exact) mass is 174 g/mol. The van der Waals surface area contributed by atoms with Crippen LogP contribution in [0, 0.1) is 5.92 Å². The molecule has 0 aromatic heterocycles. The zero-order chi connectivity index (χ0) is 7.94. The van der Waals surface area contributed by atoms with Gasteiger partial charge in [0.2, 0.25) is 0 Å². The Morgan fingerprint density at radius 1 is 1.64 bits per heavy atom. The van der Waals surface area contributed by atoms with Gasteiger partial charge in [-0.15, -0.1) is 11.8 Å². The van der Waals surface area contributed by atoms with Crippen LogP contribution in [0.1, 0.15) is 12.8 Å². The second kappa shape index (κ2) is 5.86. The minimum absolute atomic E-state index is 0.871. The lowest BCUT2D eigenvalue weighted by Crippen LogP contribution is -2.35. The van der Waals surface area contributed by atoms with Crippen molar-refractivity contribution in [2.75, 3.05) is 31.8 Å². The number of hydrogen-bond acceptors (Lipinski definition) is 3. The zero-order valence-electron chi connectivity index (χ0n) is 7.23. The van der Waals surface area contributed by atoms with Crippen molar-refractivity contribution >= 4 is 11.8 Å². The molecule has 1 aliphatic heterocycles. The molecule has 3 heteroatoms. The first-order chi connectivity index (χ1) is 5.43. The Bertz CT molecular complexity index is 92.1. The lowest BCUT2D eigenvalue weighted by molar-refractivity contribution is 0.367. The third-order valence-corrected chi connectivity index (χ3v) is 2.57. The average molecular weight is 174 g/mol. The fraction of sp³-hybridized carbons (Fsp3) is 1.00. The summed E-state index contributed by atoms with van der Waals surface area (Å²) >= 11 is 1.86. The highest BCUT2D eigenvalue weighted by molar-refractivity contribution is 7.98. The molecule has 0 aromatic rings. The van der Waals surface area contributed by atoms with Crippen molar-refractivity contribution in [2.24, 2.45) is 5.92 Å². The zero-order valence-corrected chi connectivity index (χ0v) is 8.04. The fourth-order valence-corrected chi connectivity index (χ4v) is 1.79. The molecular weight excluding hydrogens is 156 g/mol. The predicted octanol–water partition coefficient (Wildman–Crippen LogP) is 0.896. The molecule has 0 spiro atoms. The van der Waals surface area contributed by atoms with Gasteiger partial charge in [0.15, 0.2) is 0 Å². The van der Waals surface area contributed by atoms with Crippen LogP contribution in [0.25, 0.3) is 0 Å². The summed E-state index contributed by atoms with van der Waals surface area (Å²) in [5.74, 6) is 1.96. The summed E-state index contributed by atoms with van der Waals surface area (Å²) in [4.78, 5) is 0. The molecule has 0 aromatic carbocycles. The molecule has 0 saturated carbocycles. The van der Waals surface area contributed by atoms with Gasteiger partial charge in [0.1, 0.15) is 0 Å². The molecule has 1 aliphatic rings. The Kier molecular flexibility index (Phi) is 4.99. The van der Waals surface area contributed by atoms with Gasteiger partial charge in [-0.3, -0.25) is 0 Å². The lowest BCUT2D eigenvalue weighted by Gasteiger charge is -2.22. The second-order valence-electron chi connectivity index (χ2n) is 3.10. The summed E-state index contributed by atoms with van der Waals surface area (Å²) in [5.41, 5.74) is 0. The van der Waals surface area contributed by atoms with E-state index in [0.717, 1.165) is 11.8 Å². The van der Waals surface area contributed by atoms with Gasteiger partial charge >= 0.3 is 0 Å². The standard InChI is InChI=1S/C8H18N2S/c1-11-7-10-6-8-3-2-4-9-5-8/h8-10H,2-7H2,1H3. The highest BCUT2D eigenvalue weighted by atomic mass is 32.2. The van der Waals surface area contributed by atoms with Gasteiger partial charge in [-0.05, 0) is 44.6 Å². The smallest absolute Gasteiger partial charge is 0.0415 e. The number of rotatable bonds is 4. The molecule has 0 aliphatic carbocycles. The van der Waals surface area contributed by atoms with Gasteiger partial charge in [0, 0.05) is 5.88 Å². The Hall–Kier alpha value is 0.270. The summed E-state index contributed by atoms with van der Waals surface area (Å²) < 4.78 is 0. The minimum atomic E-state index is 0.871. The molecule has 1 fully saturated rings. The number of thioether (sulfide) groups is 1. The van der Waals surface area contributed by atoms with Crippen LogP contribution in [0.15, 0.2) is 0 Å². The maximum absolute atomic E-state index is 3.43. The van der Waals surface area contributed by atoms with E-state index in [4.69, 9.17) is 0 Å². The highest BCUT2D eigenvalue weighted by Crippen LogP contribution is 2.08. The van der Waals surface area contributed by atoms with Crippen LogP contribution in [0.3, 0.4) is 0 Å². The highest BCUT2D eigenvalue weighted by Gasteiger charge is 2.11. The van der Waals surface area contributed by atoms with Gasteiger partial charge < -0.3 is 10.6 Å². The Morgan fingerprint density at radius 2 is 2.55 bits per heavy atom. The molecule has 1 heterocycles. The van der Waals surface area contributed by atoms with Crippen LogP contribution in [0.5, 0.6) is 0 Å². The Morgan fingerprint density at radius 3 is 3.18 bits per heavy atom. The Labute approximate surface area is 73.5 Å². The van der Waals surface area contributed by atoms with Crippen molar-refractivity contribution in [3.8, 4) is 0 Å². The van der Waals surface area contributed by atoms with Gasteiger partial charge in [0.05, 0.1) is 0 Å². The molecule has 11 heavy (non-hydrogen) atoms. The average Bonchev–Trinajstić information content (AvgIpc) is 2.07. The largest absolute Gasteiger partial charge is 0.316 e. The van der Waals surface area contributed by atoms with Gasteiger partial charge in [-0.1, -0.05) is 0 Å². The fourth-order valence-electron chi connectivity index (χ4n) is 1.46. The third kappa shape index (κ3) is 3.99. The summed E-state index contributed by atoms with van der Waals surface area (Å²) in [6.45, 7) is 3.62. The minimum Gasteiger partial charge on any atom is -0.316 e. The molecule has 0 amide bonds. The molecule has 2 N–H and O–H groups in total. The van der Waals surface area contributed by atoms with Crippen LogP contribution < -0.4 is 10.6 Å². The first-order valence-corrected chi connectivity index (χ1v) is 5.73. The van der Waals surface area contributed by atoms with E-state index in [1.54, 1.807) is 0 Å². The summed E-state index contributed by atoms with van der Waals surface area (Å²) in [5, 5.41) is 6.84. The normalized spacial score (nSPS) is 25.4. The predicted molar refractivity (Wildman–Crippen MR) is 52.0 cm³/mol. The van der Waals surface area contributed by atoms with E-state index >= 15 is 0 Å². The second-order valence-corrected chi connectivity index (χ2v) is 3.97. The maximum atomic E-state index is 3.43. The van der Waals surface area contributed by atoms with Crippen LogP contribution in [-0.2, 0) is 0 Å². The first-order valence-electron chi connectivity index (χ1n) is 4.34. The summed E-state index contributed by atoms with van der Waals surface area (Å²) in [6.07, 6.45) is 4.88. The van der Waals surface area contributed by atoms with Crippen molar-refractivity contribution in [1.29, 1.82) is 0 Å². The van der Waals surface area contributed by atoms with Crippen LogP contribution in [0.2, 0.25) is 0 Å². The summed E-state index contributed by atoms with van der Waals surface area (Å²) in [6, 6.07) is 0. The lowest BCUT2D eigenvalue weighted by atomic mass is 10.00. The molecule has 1 saturated heterocycles. The first kappa shape index (κ1) is 9.36. The SMILES string of the molecule is CSCNCC1CCCNC1. The molecular formula is C8H18N2S. The van der Waals surface area contributed by atoms with E-state index in [9.17, 15) is 0 Å². The molecule has 1 rings (SSSR count). The van der Waals surface area contributed by atoms with E-state index in [1.807, 2.05) is 11.8 Å². The molecule has 0 radical (unpaired) electrons. The Balaban J connectivity index is 1.96. The molecule has 0 bridgehead atoms. The van der Waals surface area contributed by atoms with Crippen LogP contribution >= 0.6 is 11.8 Å². The molecule has 2 nitrogen and oxygen atoms in total. The van der Waals surface area contributed by atoms with Gasteiger partial charge in [-0.2, -0.15) is 0 Å². The van der Waals surface area contributed by atoms with Crippen molar-refractivity contribution in [1.82, 2.24) is 10.6 Å². The van der Waals surface area contributed by atoms with E-state index in [-0.39, 0.29) is 0 Å². The van der Waals surface area contributed by atoms with Crippen molar-refractivity contribution in [3.05, 3.63) is 0 Å². The van der Waals surface area contributed by atoms with E-state index in [2.05, 4.69) is 16.9 Å². The van der Waals surface area contributed by atoms with Gasteiger partial charge in [-0.25, -0.2) is 0 Å². The van der Waals surface area contributed by atoms with Crippen LogP contribution in [-0.4, -0.2) is 31.8 Å². The summed E-state index contributed by atoms with van der Waals surface area (Å²) in [7, 11) is 0. The topological polar surface area (TPSA) is 24.1 Å². The molecule has 1 unspecified atom stereocenters. The molecule has 66 valence electrons. The van der Waals surface area contributed by atoms with Crippen molar-refractivity contribution in [2.45, 2.75) is 12.8 Å². The number of hydrogen-bond donors (Lipinski definition) is 2. The van der Waals surface area contributed by atoms with E-state index in [0.29, 0.717) is 0 Å². The maximum Gasteiger partial charge on any atom is 0.0415 e. The van der Waals surface area contributed by atoms with Crippen LogP contribution in [0.4, 0.5) is 0 Å². The van der Waals surface area contributed by atoms with Crippen molar-refractivity contribution in [3.63, 3.8) is 0 Å². The van der Waals surface area contributed by atoms with E-state index in [1.165, 1.54) is 32.5 Å². The van der Waals surface area contributed by atoms with E-state index < -0.39 is 0 Å². The van der Waals surface area contributed by atoms with Gasteiger partial charge in [0.25, 0.3) is 0 Å². The number of nitrogens with one attached hydrogen (secondary N) is 2. The molecule has 1 atom stereocenters.